The molecule has 1 fully saturated rings. The van der Waals surface area contributed by atoms with E-state index in [1.54, 1.807) is 0 Å². The number of anilines is 1. The molecule has 1 N–H and O–H groups in total. The normalized spacial score (nSPS) is 18.7. The Morgan fingerprint density at radius 1 is 1.56 bits per heavy atom. The summed E-state index contributed by atoms with van der Waals surface area (Å²) in [5.41, 5.74) is -1.29. The van der Waals surface area contributed by atoms with Crippen LogP contribution in [0.3, 0.4) is 0 Å². The Labute approximate surface area is 110 Å². The second-order valence-corrected chi connectivity index (χ2v) is 5.40. The molecule has 2 heterocycles. The number of halogens is 1. The van der Waals surface area contributed by atoms with Crippen LogP contribution in [0.15, 0.2) is 0 Å². The van der Waals surface area contributed by atoms with Crippen molar-refractivity contribution in [2.24, 2.45) is 0 Å². The lowest BCUT2D eigenvalue weighted by molar-refractivity contribution is -0.119. The topological polar surface area (TPSA) is 58.1 Å². The van der Waals surface area contributed by atoms with Crippen molar-refractivity contribution in [3.63, 3.8) is 0 Å². The predicted octanol–water partition coefficient (Wildman–Crippen LogP) is 1.29. The summed E-state index contributed by atoms with van der Waals surface area (Å²) < 4.78 is 18.5. The minimum atomic E-state index is -1.29. The second-order valence-electron chi connectivity index (χ2n) is 4.67. The molecule has 0 aromatic carbocycles. The van der Waals surface area contributed by atoms with Gasteiger partial charge in [0.15, 0.2) is 0 Å². The van der Waals surface area contributed by atoms with Crippen LogP contribution in [0.4, 0.5) is 9.52 Å². The number of hydrogen-bond acceptors (Lipinski definition) is 5. The van der Waals surface area contributed by atoms with Crippen LogP contribution in [-0.2, 0) is 4.79 Å². The molecule has 1 aromatic heterocycles. The maximum atomic E-state index is 14.4. The van der Waals surface area contributed by atoms with Crippen LogP contribution in [0, 0.1) is 6.92 Å². The molecule has 1 saturated heterocycles. The minimum Gasteiger partial charge on any atom is -0.353 e. The first kappa shape index (κ1) is 13.2. The Kier molecular flexibility index (Phi) is 3.79. The van der Waals surface area contributed by atoms with Crippen molar-refractivity contribution in [3.05, 3.63) is 5.82 Å². The van der Waals surface area contributed by atoms with Crippen LogP contribution >= 0.6 is 11.5 Å². The van der Waals surface area contributed by atoms with E-state index in [2.05, 4.69) is 19.6 Å². The molecule has 0 unspecified atom stereocenters. The van der Waals surface area contributed by atoms with Crippen molar-refractivity contribution < 1.29 is 9.18 Å². The number of piperidine rings is 1. The first-order chi connectivity index (χ1) is 8.48. The zero-order valence-corrected chi connectivity index (χ0v) is 11.4. The molecule has 1 aliphatic rings. The summed E-state index contributed by atoms with van der Waals surface area (Å²) in [6.07, 6.45) is 0.817. The third-order valence-corrected chi connectivity index (χ3v) is 3.97. The number of hydrogen-bond donors (Lipinski definition) is 1. The molecule has 5 nitrogen and oxygen atoms in total. The third-order valence-electron chi connectivity index (χ3n) is 3.10. The van der Waals surface area contributed by atoms with E-state index in [0.29, 0.717) is 25.9 Å². The van der Waals surface area contributed by atoms with Gasteiger partial charge in [-0.3, -0.25) is 4.79 Å². The first-order valence-electron chi connectivity index (χ1n) is 5.97. The lowest BCUT2D eigenvalue weighted by atomic mass is 9.93. The smallest absolute Gasteiger partial charge is 0.216 e. The fourth-order valence-corrected chi connectivity index (χ4v) is 2.70. The van der Waals surface area contributed by atoms with Gasteiger partial charge in [-0.2, -0.15) is 4.37 Å². The fraction of sp³-hybridized carbons (Fsp3) is 0.727. The predicted molar refractivity (Wildman–Crippen MR) is 68.6 cm³/mol. The van der Waals surface area contributed by atoms with Crippen molar-refractivity contribution in [1.29, 1.82) is 0 Å². The van der Waals surface area contributed by atoms with Crippen LogP contribution in [-0.4, -0.2) is 40.6 Å². The SMILES string of the molecule is CC(=O)NCC1(F)CCN(c2nc(C)ns2)CC1. The number of carbonyl (C=O) groups is 1. The highest BCUT2D eigenvalue weighted by atomic mass is 32.1. The van der Waals surface area contributed by atoms with Gasteiger partial charge in [0.25, 0.3) is 0 Å². The van der Waals surface area contributed by atoms with Crippen LogP contribution < -0.4 is 10.2 Å². The molecule has 0 atom stereocenters. The van der Waals surface area contributed by atoms with Gasteiger partial charge in [-0.25, -0.2) is 9.37 Å². The average Bonchev–Trinajstić information content (AvgIpc) is 2.75. The number of carbonyl (C=O) groups excluding carboxylic acids is 1. The molecule has 100 valence electrons. The summed E-state index contributed by atoms with van der Waals surface area (Å²) in [6.45, 7) is 4.59. The Bertz CT molecular complexity index is 428. The molecule has 7 heteroatoms. The van der Waals surface area contributed by atoms with Gasteiger partial charge in [0.2, 0.25) is 11.0 Å². The van der Waals surface area contributed by atoms with E-state index in [9.17, 15) is 9.18 Å². The molecule has 0 aliphatic carbocycles. The van der Waals surface area contributed by atoms with Gasteiger partial charge in [0.1, 0.15) is 11.5 Å². The number of nitrogens with one attached hydrogen (secondary N) is 1. The van der Waals surface area contributed by atoms with Gasteiger partial charge in [0.05, 0.1) is 6.54 Å². The highest BCUT2D eigenvalue weighted by molar-refractivity contribution is 7.09. The Balaban J connectivity index is 1.89. The highest BCUT2D eigenvalue weighted by Crippen LogP contribution is 2.29. The quantitative estimate of drug-likeness (QED) is 0.901. The largest absolute Gasteiger partial charge is 0.353 e. The van der Waals surface area contributed by atoms with Gasteiger partial charge in [-0.05, 0) is 6.92 Å². The average molecular weight is 272 g/mol. The summed E-state index contributed by atoms with van der Waals surface area (Å²) in [6, 6.07) is 0. The maximum absolute atomic E-state index is 14.4. The van der Waals surface area contributed by atoms with Gasteiger partial charge in [-0.15, -0.1) is 0 Å². The first-order valence-corrected chi connectivity index (χ1v) is 6.74. The molecule has 0 saturated carbocycles. The van der Waals surface area contributed by atoms with E-state index in [-0.39, 0.29) is 12.5 Å². The second kappa shape index (κ2) is 5.17. The molecule has 18 heavy (non-hydrogen) atoms. The van der Waals surface area contributed by atoms with Crippen LogP contribution in [0.1, 0.15) is 25.6 Å². The number of rotatable bonds is 3. The van der Waals surface area contributed by atoms with Gasteiger partial charge in [-0.1, -0.05) is 0 Å². The van der Waals surface area contributed by atoms with Crippen molar-refractivity contribution in [2.75, 3.05) is 24.5 Å². The highest BCUT2D eigenvalue weighted by Gasteiger charge is 2.35. The number of alkyl halides is 1. The Morgan fingerprint density at radius 3 is 2.72 bits per heavy atom. The molecule has 0 spiro atoms. The van der Waals surface area contributed by atoms with Crippen molar-refractivity contribution >= 4 is 22.6 Å². The summed E-state index contributed by atoms with van der Waals surface area (Å²) in [5, 5.41) is 3.41. The molecule has 1 aromatic rings. The minimum absolute atomic E-state index is 0.103. The lowest BCUT2D eigenvalue weighted by Gasteiger charge is -2.36. The zero-order valence-electron chi connectivity index (χ0n) is 10.6. The lowest BCUT2D eigenvalue weighted by Crippen LogP contribution is -2.48. The van der Waals surface area contributed by atoms with Gasteiger partial charge < -0.3 is 10.2 Å². The molecule has 0 bridgehead atoms. The van der Waals surface area contributed by atoms with E-state index in [1.165, 1.54) is 18.5 Å². The monoisotopic (exact) mass is 272 g/mol. The summed E-state index contributed by atoms with van der Waals surface area (Å²) >= 11 is 1.35. The summed E-state index contributed by atoms with van der Waals surface area (Å²) in [4.78, 5) is 17.2. The molecule has 1 amide bonds. The molecular formula is C11H17FN4OS. The molecule has 1 aliphatic heterocycles. The summed E-state index contributed by atoms with van der Waals surface area (Å²) in [7, 11) is 0. The standard InChI is InChI=1S/C11H17FN4OS/c1-8-14-10(18-15-8)16-5-3-11(12,4-6-16)7-13-9(2)17/h3-7H2,1-2H3,(H,13,17). The maximum Gasteiger partial charge on any atom is 0.216 e. The van der Waals surface area contributed by atoms with Crippen molar-refractivity contribution in [2.45, 2.75) is 32.4 Å². The Morgan fingerprint density at radius 2 is 2.22 bits per heavy atom. The van der Waals surface area contributed by atoms with Crippen LogP contribution in [0.2, 0.25) is 0 Å². The molecule has 2 rings (SSSR count). The van der Waals surface area contributed by atoms with Crippen LogP contribution in [0.25, 0.3) is 0 Å². The summed E-state index contributed by atoms with van der Waals surface area (Å²) in [5.74, 6) is 0.569. The van der Waals surface area contributed by atoms with Gasteiger partial charge in [0, 0.05) is 44.4 Å². The Hall–Kier alpha value is -1.24. The number of amides is 1. The number of aromatic nitrogens is 2. The fourth-order valence-electron chi connectivity index (χ4n) is 1.97. The van der Waals surface area contributed by atoms with Crippen LogP contribution in [0.5, 0.6) is 0 Å². The van der Waals surface area contributed by atoms with E-state index < -0.39 is 5.67 Å². The van der Waals surface area contributed by atoms with Crippen molar-refractivity contribution in [3.8, 4) is 0 Å². The van der Waals surface area contributed by atoms with Gasteiger partial charge >= 0.3 is 0 Å². The third kappa shape index (κ3) is 3.16. The van der Waals surface area contributed by atoms with E-state index >= 15 is 0 Å². The number of nitrogens with zero attached hydrogens (tertiary/aromatic N) is 3. The van der Waals surface area contributed by atoms with Crippen molar-refractivity contribution in [1.82, 2.24) is 14.7 Å². The number of aryl methyl sites for hydroxylation is 1. The van der Waals surface area contributed by atoms with E-state index in [1.807, 2.05) is 6.92 Å². The zero-order chi connectivity index (χ0) is 13.2. The molecular weight excluding hydrogens is 255 g/mol. The van der Waals surface area contributed by atoms with E-state index in [0.717, 1.165) is 11.0 Å². The molecule has 0 radical (unpaired) electrons. The van der Waals surface area contributed by atoms with E-state index in [4.69, 9.17) is 0 Å².